The average Bonchev–Trinajstić information content (AvgIpc) is 1.60. The monoisotopic (exact) mass is 1900 g/mol. The lowest BCUT2D eigenvalue weighted by Gasteiger charge is -2.26. The molecule has 0 unspecified atom stereocenters. The Morgan fingerprint density at radius 2 is 0.221 bits per heavy atom. The summed E-state index contributed by atoms with van der Waals surface area (Å²) in [5.74, 6) is 0. The number of nitrogens with zero attached hydrogens (tertiary/aromatic N) is 5. The molecule has 0 amide bonds. The average molecular weight is 1900 g/mol. The third kappa shape index (κ3) is 17.7. The summed E-state index contributed by atoms with van der Waals surface area (Å²) in [6.07, 6.45) is 0. The molecule has 3 aromatic heterocycles. The van der Waals surface area contributed by atoms with Crippen molar-refractivity contribution in [3.8, 4) is 151 Å². The van der Waals surface area contributed by atoms with Crippen molar-refractivity contribution in [3.05, 3.63) is 601 Å². The molecule has 24 aromatic carbocycles. The lowest BCUT2D eigenvalue weighted by Crippen LogP contribution is -2.09. The molecule has 5 nitrogen and oxygen atoms in total. The number of para-hydroxylation sites is 6. The van der Waals surface area contributed by atoms with Gasteiger partial charge in [0.25, 0.3) is 0 Å². The highest BCUT2D eigenvalue weighted by molar-refractivity contribution is 6.12. The lowest BCUT2D eigenvalue weighted by atomic mass is 9.96. The van der Waals surface area contributed by atoms with Crippen molar-refractivity contribution in [1.82, 2.24) is 13.7 Å². The van der Waals surface area contributed by atoms with Crippen LogP contribution in [0.4, 0.5) is 34.1 Å². The van der Waals surface area contributed by atoms with Crippen LogP contribution >= 0.6 is 0 Å². The van der Waals surface area contributed by atoms with Crippen molar-refractivity contribution in [3.63, 3.8) is 0 Å². The van der Waals surface area contributed by atoms with Gasteiger partial charge < -0.3 is 23.5 Å². The standard InChI is InChI=1S/C72H49N3.C72H50N2/c1-2-16-50(17-3-1)54-18-12-19-55(46-54)51-34-40-60(41-35-51)73(62-44-38-53(39-45-62)58-22-14-24-63(48-58)74-69-30-8-4-26-65(69)66-27-5-9-31-70(66)74)61-42-36-52(37-43-61)56-20-13-21-57(47-56)59-23-15-25-64(49-59)75-71-32-10-6-28-67(71)68-29-7-11-33-72(68)75;1-3-16-51(17-4-1)56-20-11-24-60(46-56)62-26-13-22-58(48-62)53-34-40-65(41-35-53)73(66-42-36-54(37-43-66)59-23-14-27-63(49-59)61-25-12-21-57(47-61)52-18-5-2-6-19-52)67-44-38-55(39-45-67)64-28-15-29-68(50-64)74-71-32-9-7-30-69(71)70-31-8-10-33-72(70)74/h1-49H;1-50H. The van der Waals surface area contributed by atoms with Crippen LogP contribution in [0.1, 0.15) is 0 Å². The molecular formula is C144H99N5. The molecule has 0 atom stereocenters. The number of rotatable bonds is 21. The highest BCUT2D eigenvalue weighted by Gasteiger charge is 2.23. The first-order valence-electron chi connectivity index (χ1n) is 51.1. The van der Waals surface area contributed by atoms with Crippen LogP contribution in [0, 0.1) is 0 Å². The van der Waals surface area contributed by atoms with Gasteiger partial charge in [0, 0.05) is 83.5 Å². The Balaban J connectivity index is 0.000000151. The fourth-order valence-corrected chi connectivity index (χ4v) is 21.9. The number of aromatic nitrogens is 3. The van der Waals surface area contributed by atoms with E-state index in [0.717, 1.165) is 79.0 Å². The predicted octanol–water partition coefficient (Wildman–Crippen LogP) is 39.6. The summed E-state index contributed by atoms with van der Waals surface area (Å²) in [6.45, 7) is 0. The fraction of sp³-hybridized carbons (Fsp3) is 0. The van der Waals surface area contributed by atoms with E-state index < -0.39 is 0 Å². The maximum atomic E-state index is 2.39. The number of fused-ring (bicyclic) bond motifs is 9. The maximum absolute atomic E-state index is 2.39. The van der Waals surface area contributed by atoms with Gasteiger partial charge in [0.1, 0.15) is 0 Å². The Morgan fingerprint density at radius 1 is 0.0940 bits per heavy atom. The van der Waals surface area contributed by atoms with Gasteiger partial charge in [-0.25, -0.2) is 0 Å². The Labute approximate surface area is 867 Å². The van der Waals surface area contributed by atoms with Crippen LogP contribution in [-0.4, -0.2) is 13.7 Å². The highest BCUT2D eigenvalue weighted by atomic mass is 15.1. The predicted molar refractivity (Wildman–Crippen MR) is 630 cm³/mol. The van der Waals surface area contributed by atoms with E-state index in [2.05, 4.69) is 624 Å². The maximum Gasteiger partial charge on any atom is 0.0541 e. The summed E-state index contributed by atoms with van der Waals surface area (Å²) < 4.78 is 7.16. The molecule has 5 heteroatoms. The van der Waals surface area contributed by atoms with Crippen molar-refractivity contribution in [2.75, 3.05) is 9.80 Å². The summed E-state index contributed by atoms with van der Waals surface area (Å²) in [4.78, 5) is 4.73. The lowest BCUT2D eigenvalue weighted by molar-refractivity contribution is 1.18. The van der Waals surface area contributed by atoms with Gasteiger partial charge in [0.05, 0.1) is 33.1 Å². The van der Waals surface area contributed by atoms with E-state index in [1.807, 2.05) is 0 Å². The van der Waals surface area contributed by atoms with Crippen molar-refractivity contribution >= 4 is 99.5 Å². The topological polar surface area (TPSA) is 21.3 Å². The Bertz CT molecular complexity index is 9270. The molecule has 0 spiro atoms. The van der Waals surface area contributed by atoms with Crippen LogP contribution in [0.25, 0.3) is 216 Å². The molecule has 149 heavy (non-hydrogen) atoms. The Hall–Kier alpha value is -19.7. The zero-order valence-electron chi connectivity index (χ0n) is 81.9. The van der Waals surface area contributed by atoms with E-state index in [4.69, 9.17) is 0 Å². The zero-order valence-corrected chi connectivity index (χ0v) is 81.9. The minimum Gasteiger partial charge on any atom is -0.311 e. The van der Waals surface area contributed by atoms with Crippen molar-refractivity contribution in [1.29, 1.82) is 0 Å². The molecule has 0 bridgehead atoms. The van der Waals surface area contributed by atoms with Crippen LogP contribution in [0.3, 0.4) is 0 Å². The molecule has 0 aliphatic rings. The van der Waals surface area contributed by atoms with Crippen molar-refractivity contribution < 1.29 is 0 Å². The van der Waals surface area contributed by atoms with Gasteiger partial charge in [-0.15, -0.1) is 0 Å². The van der Waals surface area contributed by atoms with Gasteiger partial charge in [0.2, 0.25) is 0 Å². The molecule has 27 aromatic rings. The van der Waals surface area contributed by atoms with E-state index >= 15 is 0 Å². The molecule has 0 saturated heterocycles. The Kier molecular flexibility index (Phi) is 23.7. The van der Waals surface area contributed by atoms with Crippen molar-refractivity contribution in [2.24, 2.45) is 0 Å². The number of benzene rings is 24. The molecular weight excluding hydrogens is 1800 g/mol. The molecule has 700 valence electrons. The fourth-order valence-electron chi connectivity index (χ4n) is 21.9. The van der Waals surface area contributed by atoms with Crippen LogP contribution in [0.5, 0.6) is 0 Å². The van der Waals surface area contributed by atoms with Gasteiger partial charge in [-0.05, 0) is 316 Å². The third-order valence-corrected chi connectivity index (χ3v) is 29.3. The second-order valence-corrected chi connectivity index (χ2v) is 38.3. The van der Waals surface area contributed by atoms with E-state index in [1.165, 1.54) is 171 Å². The van der Waals surface area contributed by atoms with Gasteiger partial charge in [0.15, 0.2) is 0 Å². The minimum absolute atomic E-state index is 1.08. The first kappa shape index (κ1) is 89.4. The summed E-state index contributed by atoms with van der Waals surface area (Å²) in [5, 5.41) is 7.57. The first-order chi connectivity index (χ1) is 73.8. The molecule has 27 rings (SSSR count). The molecule has 0 aliphatic carbocycles. The van der Waals surface area contributed by atoms with Crippen LogP contribution < -0.4 is 9.80 Å². The van der Waals surface area contributed by atoms with Gasteiger partial charge in [-0.2, -0.15) is 0 Å². The molecule has 0 saturated carbocycles. The van der Waals surface area contributed by atoms with Crippen LogP contribution in [0.2, 0.25) is 0 Å². The molecule has 0 N–H and O–H groups in total. The normalized spacial score (nSPS) is 11.4. The molecule has 0 aliphatic heterocycles. The van der Waals surface area contributed by atoms with Crippen molar-refractivity contribution in [2.45, 2.75) is 0 Å². The number of hydrogen-bond donors (Lipinski definition) is 0. The molecule has 0 radical (unpaired) electrons. The largest absolute Gasteiger partial charge is 0.311 e. The summed E-state index contributed by atoms with van der Waals surface area (Å²) in [5.41, 5.74) is 45.6. The third-order valence-electron chi connectivity index (χ3n) is 29.3. The number of anilines is 6. The van der Waals surface area contributed by atoms with Gasteiger partial charge in [-0.3, -0.25) is 0 Å². The van der Waals surface area contributed by atoms with E-state index in [0.29, 0.717) is 0 Å². The highest BCUT2D eigenvalue weighted by Crippen LogP contribution is 2.46. The van der Waals surface area contributed by atoms with Crippen LogP contribution in [-0.2, 0) is 0 Å². The second kappa shape index (κ2) is 39.5. The number of hydrogen-bond acceptors (Lipinski definition) is 2. The van der Waals surface area contributed by atoms with Gasteiger partial charge in [-0.1, -0.05) is 419 Å². The van der Waals surface area contributed by atoms with E-state index in [9.17, 15) is 0 Å². The molecule has 0 fully saturated rings. The van der Waals surface area contributed by atoms with Crippen LogP contribution in [0.15, 0.2) is 601 Å². The second-order valence-electron chi connectivity index (χ2n) is 38.3. The Morgan fingerprint density at radius 3 is 0.403 bits per heavy atom. The smallest absolute Gasteiger partial charge is 0.0541 e. The minimum atomic E-state index is 1.08. The van der Waals surface area contributed by atoms with Gasteiger partial charge >= 0.3 is 0 Å². The van der Waals surface area contributed by atoms with E-state index in [-0.39, 0.29) is 0 Å². The zero-order chi connectivity index (χ0) is 98.9. The first-order valence-corrected chi connectivity index (χ1v) is 51.1. The summed E-state index contributed by atoms with van der Waals surface area (Å²) in [6, 6.07) is 218. The quantitative estimate of drug-likeness (QED) is 0.0715. The van der Waals surface area contributed by atoms with E-state index in [1.54, 1.807) is 0 Å². The SMILES string of the molecule is c1ccc(-c2cccc(-c3ccc(N(c4ccc(-c5cccc(-c6cccc(-n7c8ccccc8c8ccccc87)c6)c5)cc4)c4ccc(-c5cccc(-n6c7ccccc7c7ccccc76)c5)cc4)cc3)c2)cc1.c1ccc(-c2cccc(-c3cccc(-c4ccc(N(c5ccc(-c6cccc(-c7cccc(-c8ccccc8)c7)c6)cc5)c5ccc(-c6cccc(-n7c8ccccc8c8ccccc87)c6)cc5)cc4)c3)c2)cc1. The summed E-state index contributed by atoms with van der Waals surface area (Å²) in [7, 11) is 0. The summed E-state index contributed by atoms with van der Waals surface area (Å²) >= 11 is 0. The molecule has 3 heterocycles.